The van der Waals surface area contributed by atoms with E-state index in [1.54, 1.807) is 0 Å². The van der Waals surface area contributed by atoms with Crippen LogP contribution in [-0.2, 0) is 11.8 Å². The summed E-state index contributed by atoms with van der Waals surface area (Å²) < 4.78 is 0. The standard InChI is InChI=1S/C8H17O2PS2.2K/c1-8(2)5-3-7(4-6-8)13-11(9,10)12;;/h7H,3-6H2,1-2H3,(H2,9,10,12);;/q;2*+1/p-2. The molecule has 0 spiro atoms. The average Bonchev–Trinajstić information content (AvgIpc) is 1.91. The van der Waals surface area contributed by atoms with Crippen LogP contribution in [0.25, 0.3) is 0 Å². The van der Waals surface area contributed by atoms with Crippen LogP contribution in [0.4, 0.5) is 0 Å². The summed E-state index contributed by atoms with van der Waals surface area (Å²) in [6, 6.07) is 0. The summed E-state index contributed by atoms with van der Waals surface area (Å²) in [5.74, 6) is 0. The van der Waals surface area contributed by atoms with Gasteiger partial charge >= 0.3 is 103 Å². The Hall–Kier alpha value is 4.19. The maximum atomic E-state index is 10.9. The Labute approximate surface area is 187 Å². The fourth-order valence-electron chi connectivity index (χ4n) is 1.66. The molecule has 1 saturated carbocycles. The van der Waals surface area contributed by atoms with E-state index in [1.165, 1.54) is 0 Å². The van der Waals surface area contributed by atoms with Gasteiger partial charge in [-0.2, -0.15) is 17.1 Å². The van der Waals surface area contributed by atoms with Crippen molar-refractivity contribution in [3.05, 3.63) is 0 Å². The molecule has 0 radical (unpaired) electrons. The Morgan fingerprint density at radius 3 is 1.93 bits per heavy atom. The van der Waals surface area contributed by atoms with Gasteiger partial charge in [-0.05, 0) is 31.1 Å². The average molecular weight is 317 g/mol. The minimum atomic E-state index is -3.53. The number of hydrogen-bond donors (Lipinski definition) is 0. The monoisotopic (exact) mass is 316 g/mol. The Kier molecular flexibility index (Phi) is 13.2. The first kappa shape index (κ1) is 21.5. The molecule has 1 rings (SSSR count). The van der Waals surface area contributed by atoms with Crippen molar-refractivity contribution >= 4 is 28.9 Å². The van der Waals surface area contributed by atoms with E-state index in [-0.39, 0.29) is 108 Å². The van der Waals surface area contributed by atoms with Crippen LogP contribution in [0.1, 0.15) is 39.5 Å². The molecule has 0 bridgehead atoms. The van der Waals surface area contributed by atoms with E-state index in [2.05, 4.69) is 25.7 Å². The topological polar surface area (TPSA) is 46.1 Å². The molecule has 0 amide bonds. The molecular weight excluding hydrogens is 301 g/mol. The Morgan fingerprint density at radius 1 is 1.20 bits per heavy atom. The van der Waals surface area contributed by atoms with E-state index < -0.39 is 5.69 Å². The molecule has 0 saturated heterocycles. The molecule has 0 aromatic rings. The largest absolute Gasteiger partial charge is 1.00 e. The Morgan fingerprint density at radius 2 is 1.60 bits per heavy atom. The van der Waals surface area contributed by atoms with Crippen molar-refractivity contribution in [2.24, 2.45) is 5.41 Å². The molecule has 7 heteroatoms. The molecular formula is C8H15K2O2PS2. The van der Waals surface area contributed by atoms with Gasteiger partial charge in [0.05, 0.1) is 0 Å². The third kappa shape index (κ3) is 10.6. The van der Waals surface area contributed by atoms with Gasteiger partial charge in [-0.3, -0.25) is 0 Å². The molecule has 1 aliphatic carbocycles. The second kappa shape index (κ2) is 9.19. The molecule has 0 unspecified atom stereocenters. The van der Waals surface area contributed by atoms with Crippen LogP contribution in [0, 0.1) is 5.41 Å². The van der Waals surface area contributed by atoms with E-state index in [9.17, 15) is 9.79 Å². The van der Waals surface area contributed by atoms with Crippen molar-refractivity contribution in [2.45, 2.75) is 44.8 Å². The van der Waals surface area contributed by atoms with Gasteiger partial charge in [-0.25, -0.2) is 0 Å². The smallest absolute Gasteiger partial charge is 0.825 e. The van der Waals surface area contributed by atoms with Crippen molar-refractivity contribution < 1.29 is 113 Å². The van der Waals surface area contributed by atoms with Gasteiger partial charge in [-0.1, -0.05) is 13.8 Å². The van der Waals surface area contributed by atoms with Gasteiger partial charge in [0.2, 0.25) is 0 Å². The molecule has 0 atom stereocenters. The van der Waals surface area contributed by atoms with Crippen LogP contribution >= 0.6 is 17.1 Å². The third-order valence-corrected chi connectivity index (χ3v) is 6.04. The van der Waals surface area contributed by atoms with Gasteiger partial charge < -0.3 is 9.79 Å². The quantitative estimate of drug-likeness (QED) is 0.382. The predicted octanol–water partition coefficient (Wildman–Crippen LogP) is -4.36. The van der Waals surface area contributed by atoms with Gasteiger partial charge in [0.1, 0.15) is 0 Å². The molecule has 1 aliphatic rings. The van der Waals surface area contributed by atoms with Crippen LogP contribution in [0.2, 0.25) is 0 Å². The predicted molar refractivity (Wildman–Crippen MR) is 57.9 cm³/mol. The Bertz CT molecular complexity index is 223. The van der Waals surface area contributed by atoms with Gasteiger partial charge in [0, 0.05) is 5.25 Å². The minimum Gasteiger partial charge on any atom is -0.825 e. The molecule has 78 valence electrons. The van der Waals surface area contributed by atoms with Crippen LogP contribution < -0.4 is 113 Å². The van der Waals surface area contributed by atoms with Crippen LogP contribution in [0.3, 0.4) is 0 Å². The van der Waals surface area contributed by atoms with Crippen LogP contribution in [0.15, 0.2) is 0 Å². The molecule has 0 heterocycles. The van der Waals surface area contributed by atoms with E-state index in [0.29, 0.717) is 5.41 Å². The molecule has 0 aromatic heterocycles. The number of hydrogen-bond acceptors (Lipinski definition) is 4. The van der Waals surface area contributed by atoms with Gasteiger partial charge in [-0.15, -0.1) is 11.8 Å². The minimum absolute atomic E-state index is 0. The van der Waals surface area contributed by atoms with Crippen molar-refractivity contribution in [3.8, 4) is 0 Å². The summed E-state index contributed by atoms with van der Waals surface area (Å²) in [4.78, 5) is 21.7. The van der Waals surface area contributed by atoms with E-state index in [4.69, 9.17) is 0 Å². The summed E-state index contributed by atoms with van der Waals surface area (Å²) in [7, 11) is 0. The maximum Gasteiger partial charge on any atom is 1.00 e. The molecule has 0 aliphatic heterocycles. The fourth-order valence-corrected chi connectivity index (χ4v) is 5.30. The van der Waals surface area contributed by atoms with Crippen molar-refractivity contribution in [1.29, 1.82) is 0 Å². The Balaban J connectivity index is 0. The maximum absolute atomic E-state index is 10.9. The van der Waals surface area contributed by atoms with Crippen LogP contribution in [0.5, 0.6) is 0 Å². The summed E-state index contributed by atoms with van der Waals surface area (Å²) in [5, 5.41) is 0.244. The first-order chi connectivity index (χ1) is 5.79. The van der Waals surface area contributed by atoms with E-state index in [0.717, 1.165) is 37.1 Å². The third-order valence-electron chi connectivity index (χ3n) is 2.56. The molecule has 0 aromatic carbocycles. The van der Waals surface area contributed by atoms with Gasteiger partial charge in [0.25, 0.3) is 0 Å². The van der Waals surface area contributed by atoms with Gasteiger partial charge in [0.15, 0.2) is 0 Å². The van der Waals surface area contributed by atoms with Crippen LogP contribution in [-0.4, -0.2) is 5.25 Å². The first-order valence-electron chi connectivity index (χ1n) is 4.49. The SMILES string of the molecule is CC1(C)CCC(SP([O-])([O-])=S)CC1.[K+].[K+]. The zero-order valence-electron chi connectivity index (χ0n) is 9.99. The van der Waals surface area contributed by atoms with Crippen molar-refractivity contribution in [2.75, 3.05) is 0 Å². The fraction of sp³-hybridized carbons (Fsp3) is 1.00. The second-order valence-corrected chi connectivity index (χ2v) is 10.4. The second-order valence-electron chi connectivity index (χ2n) is 4.42. The first-order valence-corrected chi connectivity index (χ1v) is 8.61. The molecule has 15 heavy (non-hydrogen) atoms. The molecule has 1 fully saturated rings. The summed E-state index contributed by atoms with van der Waals surface area (Å²) in [5.41, 5.74) is -3.13. The van der Waals surface area contributed by atoms with Crippen molar-refractivity contribution in [1.82, 2.24) is 0 Å². The summed E-state index contributed by atoms with van der Waals surface area (Å²) in [6.45, 7) is 4.47. The normalized spacial score (nSPS) is 21.3. The summed E-state index contributed by atoms with van der Waals surface area (Å²) in [6.07, 6.45) is 4.20. The zero-order valence-corrected chi connectivity index (χ0v) is 18.8. The number of rotatable bonds is 2. The van der Waals surface area contributed by atoms with E-state index >= 15 is 0 Å². The zero-order chi connectivity index (χ0) is 10.1. The van der Waals surface area contributed by atoms with E-state index in [1.807, 2.05) is 0 Å². The van der Waals surface area contributed by atoms with Crippen molar-refractivity contribution in [3.63, 3.8) is 0 Å². The molecule has 2 nitrogen and oxygen atoms in total. The summed E-state index contributed by atoms with van der Waals surface area (Å²) >= 11 is 5.38. The molecule has 0 N–H and O–H groups in total.